The second-order valence-electron chi connectivity index (χ2n) is 5.57. The van der Waals surface area contributed by atoms with Crippen molar-refractivity contribution in [2.75, 3.05) is 19.4 Å². The van der Waals surface area contributed by atoms with E-state index in [1.807, 2.05) is 18.2 Å². The second kappa shape index (κ2) is 9.02. The van der Waals surface area contributed by atoms with Gasteiger partial charge in [0.2, 0.25) is 0 Å². The summed E-state index contributed by atoms with van der Waals surface area (Å²) >= 11 is 0. The molecule has 140 valence electrons. The topological polar surface area (TPSA) is 114 Å². The highest BCUT2D eigenvalue weighted by atomic mass is 19.1. The van der Waals surface area contributed by atoms with Crippen molar-refractivity contribution < 1.29 is 28.9 Å². The summed E-state index contributed by atoms with van der Waals surface area (Å²) in [4.78, 5) is 11.7. The third kappa shape index (κ3) is 5.08. The number of carbonyl (C=O) groups is 1. The van der Waals surface area contributed by atoms with E-state index in [9.17, 15) is 19.4 Å². The van der Waals surface area contributed by atoms with Crippen molar-refractivity contribution in [3.63, 3.8) is 0 Å². The lowest BCUT2D eigenvalue weighted by Crippen LogP contribution is -2.36. The zero-order chi connectivity index (χ0) is 19.1. The summed E-state index contributed by atoms with van der Waals surface area (Å²) in [5.41, 5.74) is 6.25. The molecule has 8 heteroatoms. The van der Waals surface area contributed by atoms with E-state index in [4.69, 9.17) is 15.2 Å². The number of ether oxygens (including phenoxy) is 2. The molecule has 0 aromatic heterocycles. The number of nitrogen functional groups attached to an aromatic ring is 1. The van der Waals surface area contributed by atoms with E-state index in [1.54, 1.807) is 12.1 Å². The van der Waals surface area contributed by atoms with Gasteiger partial charge in [0.25, 0.3) is 0 Å². The summed E-state index contributed by atoms with van der Waals surface area (Å²) in [5, 5.41) is 22.4. The summed E-state index contributed by atoms with van der Waals surface area (Å²) in [6.07, 6.45) is -3.81. The van der Waals surface area contributed by atoms with Gasteiger partial charge in [0.15, 0.2) is 0 Å². The smallest absolute Gasteiger partial charge is 0.407 e. The van der Waals surface area contributed by atoms with Crippen LogP contribution in [0.4, 0.5) is 14.9 Å². The lowest BCUT2D eigenvalue weighted by molar-refractivity contribution is 0.0163. The summed E-state index contributed by atoms with van der Waals surface area (Å²) in [7, 11) is 1.35. The van der Waals surface area contributed by atoms with Crippen molar-refractivity contribution >= 4 is 11.8 Å². The normalized spacial score (nSPS) is 12.9. The molecule has 2 aromatic rings. The van der Waals surface area contributed by atoms with Crippen molar-refractivity contribution in [1.82, 2.24) is 5.32 Å². The van der Waals surface area contributed by atoms with Crippen LogP contribution in [-0.2, 0) is 11.3 Å². The highest BCUT2D eigenvalue weighted by Gasteiger charge is 2.24. The Labute approximate surface area is 150 Å². The Hall–Kier alpha value is -2.84. The van der Waals surface area contributed by atoms with Crippen LogP contribution in [0.5, 0.6) is 5.75 Å². The Balaban J connectivity index is 1.89. The number of aliphatic hydroxyl groups is 2. The van der Waals surface area contributed by atoms with Gasteiger partial charge in [0, 0.05) is 18.2 Å². The molecule has 0 heterocycles. The summed E-state index contributed by atoms with van der Waals surface area (Å²) in [6.45, 7) is -0.268. The molecule has 5 N–H and O–H groups in total. The van der Waals surface area contributed by atoms with Gasteiger partial charge >= 0.3 is 6.09 Å². The van der Waals surface area contributed by atoms with Crippen molar-refractivity contribution in [3.8, 4) is 5.75 Å². The molecule has 0 aliphatic heterocycles. The van der Waals surface area contributed by atoms with E-state index in [0.717, 1.165) is 11.6 Å². The fraction of sp³-hybridized carbons (Fsp3) is 0.278. The van der Waals surface area contributed by atoms with Gasteiger partial charge in [0.05, 0.1) is 12.8 Å². The number of halogens is 1. The van der Waals surface area contributed by atoms with E-state index >= 15 is 0 Å². The van der Waals surface area contributed by atoms with Gasteiger partial charge in [0.1, 0.15) is 30.4 Å². The van der Waals surface area contributed by atoms with Crippen LogP contribution in [0.3, 0.4) is 0 Å². The molecular weight excluding hydrogens is 343 g/mol. The molecule has 2 rings (SSSR count). The van der Waals surface area contributed by atoms with Gasteiger partial charge in [-0.2, -0.15) is 0 Å². The van der Waals surface area contributed by atoms with E-state index in [0.29, 0.717) is 0 Å². The standard InChI is InChI=1S/C18H21FN2O5/c1-25-16-7-12(13(19)8-14(16)20)17(23)15(22)9-21-18(24)26-10-11-5-3-2-4-6-11/h2-8,15,17,22-23H,9-10,20H2,1H3,(H,21,24). The Kier molecular flexibility index (Phi) is 6.76. The average Bonchev–Trinajstić information content (AvgIpc) is 2.65. The Morgan fingerprint density at radius 1 is 1.27 bits per heavy atom. The first-order valence-corrected chi connectivity index (χ1v) is 7.86. The molecule has 0 aliphatic rings. The number of nitrogens with two attached hydrogens (primary N) is 1. The van der Waals surface area contributed by atoms with Crippen molar-refractivity contribution in [2.24, 2.45) is 0 Å². The van der Waals surface area contributed by atoms with Crippen LogP contribution < -0.4 is 15.8 Å². The van der Waals surface area contributed by atoms with E-state index in [1.165, 1.54) is 13.2 Å². The maximum atomic E-state index is 14.0. The van der Waals surface area contributed by atoms with Gasteiger partial charge in [-0.15, -0.1) is 0 Å². The number of benzene rings is 2. The minimum absolute atomic E-state index is 0.0646. The lowest BCUT2D eigenvalue weighted by atomic mass is 10.0. The monoisotopic (exact) mass is 364 g/mol. The molecular formula is C18H21FN2O5. The number of aliphatic hydroxyl groups excluding tert-OH is 2. The predicted octanol–water partition coefficient (Wildman–Crippen LogP) is 1.74. The van der Waals surface area contributed by atoms with Crippen molar-refractivity contribution in [1.29, 1.82) is 0 Å². The van der Waals surface area contributed by atoms with Crippen molar-refractivity contribution in [3.05, 3.63) is 59.4 Å². The number of hydrogen-bond acceptors (Lipinski definition) is 6. The highest BCUT2D eigenvalue weighted by Crippen LogP contribution is 2.29. The van der Waals surface area contributed by atoms with Crippen LogP contribution in [0.2, 0.25) is 0 Å². The Morgan fingerprint density at radius 3 is 2.62 bits per heavy atom. The molecule has 2 atom stereocenters. The maximum Gasteiger partial charge on any atom is 0.407 e. The fourth-order valence-corrected chi connectivity index (χ4v) is 2.27. The second-order valence-corrected chi connectivity index (χ2v) is 5.57. The van der Waals surface area contributed by atoms with Gasteiger partial charge in [-0.05, 0) is 11.6 Å². The van der Waals surface area contributed by atoms with Gasteiger partial charge in [-0.25, -0.2) is 9.18 Å². The number of amides is 1. The van der Waals surface area contributed by atoms with Gasteiger partial charge in [-0.3, -0.25) is 0 Å². The number of nitrogens with one attached hydrogen (secondary N) is 1. The third-order valence-corrected chi connectivity index (χ3v) is 3.70. The van der Waals surface area contributed by atoms with Crippen LogP contribution in [0, 0.1) is 5.82 Å². The number of alkyl carbamates (subject to hydrolysis) is 1. The molecule has 0 aliphatic carbocycles. The number of carbonyl (C=O) groups excluding carboxylic acids is 1. The third-order valence-electron chi connectivity index (χ3n) is 3.70. The molecule has 0 saturated heterocycles. The largest absolute Gasteiger partial charge is 0.495 e. The van der Waals surface area contributed by atoms with E-state index in [2.05, 4.69) is 5.32 Å². The van der Waals surface area contributed by atoms with Crippen LogP contribution in [0.15, 0.2) is 42.5 Å². The summed E-state index contributed by atoms with van der Waals surface area (Å²) in [6, 6.07) is 11.2. The molecule has 2 aromatic carbocycles. The Bertz CT molecular complexity index is 742. The summed E-state index contributed by atoms with van der Waals surface area (Å²) in [5.74, 6) is -0.621. The molecule has 26 heavy (non-hydrogen) atoms. The first-order chi connectivity index (χ1) is 12.4. The SMILES string of the molecule is COc1cc(C(O)C(O)CNC(=O)OCc2ccccc2)c(F)cc1N. The fourth-order valence-electron chi connectivity index (χ4n) is 2.27. The molecule has 2 unspecified atom stereocenters. The quantitative estimate of drug-likeness (QED) is 0.557. The Morgan fingerprint density at radius 2 is 1.96 bits per heavy atom. The van der Waals surface area contributed by atoms with Crippen LogP contribution in [0.25, 0.3) is 0 Å². The van der Waals surface area contributed by atoms with Gasteiger partial charge < -0.3 is 30.7 Å². The maximum absolute atomic E-state index is 14.0. The van der Waals surface area contributed by atoms with Crippen LogP contribution in [-0.4, -0.2) is 36.1 Å². The van der Waals surface area contributed by atoms with E-state index in [-0.39, 0.29) is 30.2 Å². The number of hydrogen-bond donors (Lipinski definition) is 4. The first kappa shape index (κ1) is 19.5. The minimum atomic E-state index is -1.58. The molecule has 0 saturated carbocycles. The molecule has 1 amide bonds. The first-order valence-electron chi connectivity index (χ1n) is 7.86. The zero-order valence-corrected chi connectivity index (χ0v) is 14.2. The molecule has 0 spiro atoms. The van der Waals surface area contributed by atoms with E-state index < -0.39 is 24.1 Å². The number of anilines is 1. The number of methoxy groups -OCH3 is 1. The van der Waals surface area contributed by atoms with Crippen LogP contribution >= 0.6 is 0 Å². The molecule has 0 fully saturated rings. The molecule has 0 bridgehead atoms. The predicted molar refractivity (Wildman–Crippen MR) is 93.0 cm³/mol. The summed E-state index contributed by atoms with van der Waals surface area (Å²) < 4.78 is 23.9. The van der Waals surface area contributed by atoms with Crippen molar-refractivity contribution in [2.45, 2.75) is 18.8 Å². The zero-order valence-electron chi connectivity index (χ0n) is 14.2. The lowest BCUT2D eigenvalue weighted by Gasteiger charge is -2.20. The molecule has 0 radical (unpaired) electrons. The molecule has 7 nitrogen and oxygen atoms in total. The average molecular weight is 364 g/mol. The highest BCUT2D eigenvalue weighted by molar-refractivity contribution is 5.67. The van der Waals surface area contributed by atoms with Gasteiger partial charge in [-0.1, -0.05) is 30.3 Å². The van der Waals surface area contributed by atoms with Crippen LogP contribution in [0.1, 0.15) is 17.2 Å². The number of rotatable bonds is 7. The minimum Gasteiger partial charge on any atom is -0.495 e.